The van der Waals surface area contributed by atoms with Crippen LogP contribution in [0, 0.1) is 0 Å². The Bertz CT molecular complexity index is 242. The first-order valence-electron chi connectivity index (χ1n) is 4.41. The molecule has 2 heteroatoms. The first-order valence-corrected chi connectivity index (χ1v) is 4.41. The van der Waals surface area contributed by atoms with Crippen LogP contribution in [-0.4, -0.2) is 11.9 Å². The molecule has 0 saturated carbocycles. The predicted octanol–water partition coefficient (Wildman–Crippen LogP) is 2.97. The average molecular weight is 178 g/mol. The van der Waals surface area contributed by atoms with Crippen LogP contribution in [-0.2, 0) is 4.89 Å². The van der Waals surface area contributed by atoms with Crippen LogP contribution in [0.15, 0.2) is 36.4 Å². The Morgan fingerprint density at radius 2 is 2.00 bits per heavy atom. The zero-order valence-electron chi connectivity index (χ0n) is 7.52. The van der Waals surface area contributed by atoms with Crippen LogP contribution in [0.5, 0.6) is 0 Å². The highest BCUT2D eigenvalue weighted by Crippen LogP contribution is 2.02. The highest BCUT2D eigenvalue weighted by Gasteiger charge is 1.84. The van der Waals surface area contributed by atoms with E-state index in [1.165, 1.54) is 5.56 Å². The molecule has 0 aromatic heterocycles. The van der Waals surface area contributed by atoms with Gasteiger partial charge in [-0.25, -0.2) is 4.89 Å². The predicted molar refractivity (Wildman–Crippen MR) is 53.3 cm³/mol. The quantitative estimate of drug-likeness (QED) is 0.426. The van der Waals surface area contributed by atoms with E-state index in [1.807, 2.05) is 18.2 Å². The first-order chi connectivity index (χ1) is 6.43. The van der Waals surface area contributed by atoms with E-state index in [-0.39, 0.29) is 0 Å². The molecule has 0 spiro atoms. The Morgan fingerprint density at radius 1 is 1.23 bits per heavy atom. The summed E-state index contributed by atoms with van der Waals surface area (Å²) in [6.45, 7) is 0.402. The van der Waals surface area contributed by atoms with Gasteiger partial charge in [-0.05, 0) is 18.4 Å². The fourth-order valence-corrected chi connectivity index (χ4v) is 1.05. The SMILES string of the molecule is OOCCC/C=C\c1ccccc1. The van der Waals surface area contributed by atoms with Crippen LogP contribution in [0.3, 0.4) is 0 Å². The number of benzene rings is 1. The monoisotopic (exact) mass is 178 g/mol. The van der Waals surface area contributed by atoms with Gasteiger partial charge in [0.1, 0.15) is 0 Å². The normalized spacial score (nSPS) is 10.8. The maximum absolute atomic E-state index is 8.06. The van der Waals surface area contributed by atoms with Crippen molar-refractivity contribution < 1.29 is 10.1 Å². The molecule has 0 heterocycles. The summed E-state index contributed by atoms with van der Waals surface area (Å²) in [5.41, 5.74) is 1.20. The van der Waals surface area contributed by atoms with Crippen LogP contribution in [0.1, 0.15) is 18.4 Å². The summed E-state index contributed by atoms with van der Waals surface area (Å²) in [4.78, 5) is 3.96. The third-order valence-electron chi connectivity index (χ3n) is 1.72. The zero-order valence-corrected chi connectivity index (χ0v) is 7.52. The number of unbranched alkanes of at least 4 members (excludes halogenated alkanes) is 1. The average Bonchev–Trinajstić information content (AvgIpc) is 2.19. The topological polar surface area (TPSA) is 29.5 Å². The van der Waals surface area contributed by atoms with E-state index < -0.39 is 0 Å². The Hall–Kier alpha value is -1.12. The third kappa shape index (κ3) is 4.45. The molecule has 1 aromatic carbocycles. The first kappa shape index (κ1) is 9.96. The maximum atomic E-state index is 8.06. The summed E-state index contributed by atoms with van der Waals surface area (Å²) < 4.78 is 0. The molecule has 1 N–H and O–H groups in total. The van der Waals surface area contributed by atoms with Crippen molar-refractivity contribution in [3.8, 4) is 0 Å². The van der Waals surface area contributed by atoms with Crippen LogP contribution in [0.4, 0.5) is 0 Å². The summed E-state index contributed by atoms with van der Waals surface area (Å²) in [5, 5.41) is 8.06. The second-order valence-electron chi connectivity index (χ2n) is 2.79. The van der Waals surface area contributed by atoms with Crippen molar-refractivity contribution in [2.24, 2.45) is 0 Å². The van der Waals surface area contributed by atoms with Gasteiger partial charge in [-0.15, -0.1) is 0 Å². The molecule has 0 aliphatic heterocycles. The van der Waals surface area contributed by atoms with E-state index in [1.54, 1.807) is 0 Å². The van der Waals surface area contributed by atoms with Crippen molar-refractivity contribution >= 4 is 6.08 Å². The largest absolute Gasteiger partial charge is 0.252 e. The molecule has 1 aromatic rings. The lowest BCUT2D eigenvalue weighted by Gasteiger charge is -1.92. The van der Waals surface area contributed by atoms with Gasteiger partial charge in [-0.3, -0.25) is 5.26 Å². The van der Waals surface area contributed by atoms with E-state index in [4.69, 9.17) is 5.26 Å². The van der Waals surface area contributed by atoms with Gasteiger partial charge in [0.2, 0.25) is 0 Å². The second kappa shape index (κ2) is 6.40. The summed E-state index contributed by atoms with van der Waals surface area (Å²) in [5.74, 6) is 0. The zero-order chi connectivity index (χ0) is 9.36. The highest BCUT2D eigenvalue weighted by molar-refractivity contribution is 5.48. The Kier molecular flexibility index (Phi) is 4.91. The lowest BCUT2D eigenvalue weighted by atomic mass is 10.2. The maximum Gasteiger partial charge on any atom is 0.0822 e. The molecule has 0 saturated heterocycles. The van der Waals surface area contributed by atoms with E-state index >= 15 is 0 Å². The minimum absolute atomic E-state index is 0.402. The van der Waals surface area contributed by atoms with Crippen molar-refractivity contribution in [2.45, 2.75) is 12.8 Å². The fraction of sp³-hybridized carbons (Fsp3) is 0.273. The van der Waals surface area contributed by atoms with Gasteiger partial charge in [0.15, 0.2) is 0 Å². The van der Waals surface area contributed by atoms with Gasteiger partial charge in [0.25, 0.3) is 0 Å². The van der Waals surface area contributed by atoms with Crippen molar-refractivity contribution in [3.63, 3.8) is 0 Å². The minimum Gasteiger partial charge on any atom is -0.252 e. The van der Waals surface area contributed by atoms with Crippen LogP contribution in [0.25, 0.3) is 6.08 Å². The molecule has 70 valence electrons. The molecule has 0 bridgehead atoms. The van der Waals surface area contributed by atoms with Gasteiger partial charge in [-0.2, -0.15) is 0 Å². The molecule has 0 aliphatic rings. The van der Waals surface area contributed by atoms with Crippen LogP contribution in [0.2, 0.25) is 0 Å². The molecule has 0 unspecified atom stereocenters. The number of hydrogen-bond acceptors (Lipinski definition) is 2. The van der Waals surface area contributed by atoms with Gasteiger partial charge in [0, 0.05) is 0 Å². The Morgan fingerprint density at radius 3 is 2.69 bits per heavy atom. The molecule has 0 fully saturated rings. The van der Waals surface area contributed by atoms with E-state index in [2.05, 4.69) is 29.2 Å². The van der Waals surface area contributed by atoms with Crippen molar-refractivity contribution in [3.05, 3.63) is 42.0 Å². The van der Waals surface area contributed by atoms with Gasteiger partial charge >= 0.3 is 0 Å². The fourth-order valence-electron chi connectivity index (χ4n) is 1.05. The van der Waals surface area contributed by atoms with Crippen LogP contribution < -0.4 is 0 Å². The van der Waals surface area contributed by atoms with Crippen LogP contribution >= 0.6 is 0 Å². The Balaban J connectivity index is 2.25. The van der Waals surface area contributed by atoms with Crippen molar-refractivity contribution in [1.82, 2.24) is 0 Å². The van der Waals surface area contributed by atoms with E-state index in [9.17, 15) is 0 Å². The smallest absolute Gasteiger partial charge is 0.0822 e. The summed E-state index contributed by atoms with van der Waals surface area (Å²) in [7, 11) is 0. The molecule has 13 heavy (non-hydrogen) atoms. The highest BCUT2D eigenvalue weighted by atomic mass is 17.1. The molecule has 0 atom stereocenters. The van der Waals surface area contributed by atoms with Gasteiger partial charge < -0.3 is 0 Å². The summed E-state index contributed by atoms with van der Waals surface area (Å²) in [6.07, 6.45) is 5.92. The lowest BCUT2D eigenvalue weighted by Crippen LogP contribution is -1.86. The summed E-state index contributed by atoms with van der Waals surface area (Å²) >= 11 is 0. The number of rotatable bonds is 5. The van der Waals surface area contributed by atoms with E-state index in [0.29, 0.717) is 6.61 Å². The third-order valence-corrected chi connectivity index (χ3v) is 1.72. The van der Waals surface area contributed by atoms with Crippen molar-refractivity contribution in [2.75, 3.05) is 6.61 Å². The lowest BCUT2D eigenvalue weighted by molar-refractivity contribution is -0.242. The molecular formula is C11H14O2. The van der Waals surface area contributed by atoms with Gasteiger partial charge in [0.05, 0.1) is 6.61 Å². The Labute approximate surface area is 78.4 Å². The standard InChI is InChI=1S/C11H14O2/c12-13-10-6-2-5-9-11-7-3-1-4-8-11/h1,3-5,7-9,12H,2,6,10H2/b9-5-. The molecule has 0 aliphatic carbocycles. The second-order valence-corrected chi connectivity index (χ2v) is 2.79. The number of allylic oxidation sites excluding steroid dienone is 1. The molecule has 0 amide bonds. The minimum atomic E-state index is 0.402. The number of hydrogen-bond donors (Lipinski definition) is 1. The van der Waals surface area contributed by atoms with E-state index in [0.717, 1.165) is 12.8 Å². The molecule has 1 rings (SSSR count). The molecular weight excluding hydrogens is 164 g/mol. The molecule has 2 nitrogen and oxygen atoms in total. The van der Waals surface area contributed by atoms with Crippen molar-refractivity contribution in [1.29, 1.82) is 0 Å². The summed E-state index contributed by atoms with van der Waals surface area (Å²) in [6, 6.07) is 10.1. The van der Waals surface area contributed by atoms with Gasteiger partial charge in [-0.1, -0.05) is 42.5 Å². The molecule has 0 radical (unpaired) electrons.